The number of carbonyl (C=O) groups excluding carboxylic acids is 1. The van der Waals surface area contributed by atoms with Gasteiger partial charge < -0.3 is 15.0 Å². The first-order valence-corrected chi connectivity index (χ1v) is 8.70. The lowest BCUT2D eigenvalue weighted by molar-refractivity contribution is -0.138. The number of aromatic nitrogens is 1. The highest BCUT2D eigenvalue weighted by Crippen LogP contribution is 2.33. The van der Waals surface area contributed by atoms with E-state index in [2.05, 4.69) is 10.3 Å². The Kier molecular flexibility index (Phi) is 5.55. The van der Waals surface area contributed by atoms with Gasteiger partial charge in [-0.05, 0) is 12.5 Å². The van der Waals surface area contributed by atoms with Crippen LogP contribution in [0.15, 0.2) is 12.3 Å². The molecule has 1 N–H and O–H groups in total. The molecule has 2 aliphatic heterocycles. The van der Waals surface area contributed by atoms with Crippen LogP contribution in [0.1, 0.15) is 24.8 Å². The summed E-state index contributed by atoms with van der Waals surface area (Å²) in [6.07, 6.45) is -3.48. The van der Waals surface area contributed by atoms with Crippen molar-refractivity contribution in [1.82, 2.24) is 10.3 Å². The smallest absolute Gasteiger partial charge is 0.381 e. The second-order valence-corrected chi connectivity index (χ2v) is 6.94. The van der Waals surface area contributed by atoms with Crippen molar-refractivity contribution in [2.24, 2.45) is 5.92 Å². The normalized spacial score (nSPS) is 22.7. The second kappa shape index (κ2) is 7.57. The largest absolute Gasteiger partial charge is 0.417 e. The van der Waals surface area contributed by atoms with Crippen LogP contribution in [0, 0.1) is 11.7 Å². The number of halogens is 5. The van der Waals surface area contributed by atoms with Crippen LogP contribution < -0.4 is 10.2 Å². The van der Waals surface area contributed by atoms with Crippen molar-refractivity contribution in [2.75, 3.05) is 37.7 Å². The molecular formula is C17H20F5N3O2. The van der Waals surface area contributed by atoms with Crippen molar-refractivity contribution in [2.45, 2.75) is 31.1 Å². The van der Waals surface area contributed by atoms with E-state index in [1.807, 2.05) is 0 Å². The summed E-state index contributed by atoms with van der Waals surface area (Å²) in [6.45, 7) is 0.874. The second-order valence-electron chi connectivity index (χ2n) is 6.94. The van der Waals surface area contributed by atoms with Gasteiger partial charge in [0.1, 0.15) is 5.67 Å². The molecule has 10 heteroatoms. The van der Waals surface area contributed by atoms with E-state index in [9.17, 15) is 26.7 Å². The van der Waals surface area contributed by atoms with Gasteiger partial charge in [-0.15, -0.1) is 0 Å². The van der Waals surface area contributed by atoms with Gasteiger partial charge in [-0.3, -0.25) is 4.79 Å². The number of anilines is 1. The first kappa shape index (κ1) is 19.8. The number of nitrogens with zero attached hydrogens (tertiary/aromatic N) is 2. The van der Waals surface area contributed by atoms with Crippen molar-refractivity contribution in [1.29, 1.82) is 0 Å². The molecule has 3 heterocycles. The monoisotopic (exact) mass is 393 g/mol. The number of piperidine rings is 1. The van der Waals surface area contributed by atoms with E-state index in [-0.39, 0.29) is 50.1 Å². The standard InChI is InChI=1S/C17H20F5N3O2/c18-13-7-12(17(20,21)22)8-23-14(13)25-4-2-16(19,3-5-25)10-24-15(26)11-1-6-27-9-11/h7-8,11H,1-6,9-10H2,(H,24,26). The summed E-state index contributed by atoms with van der Waals surface area (Å²) < 4.78 is 71.8. The molecule has 2 fully saturated rings. The molecule has 1 aromatic heterocycles. The van der Waals surface area contributed by atoms with E-state index < -0.39 is 23.2 Å². The van der Waals surface area contributed by atoms with Crippen LogP contribution in [-0.2, 0) is 15.7 Å². The number of carbonyl (C=O) groups is 1. The van der Waals surface area contributed by atoms with Gasteiger partial charge in [-0.25, -0.2) is 13.8 Å². The summed E-state index contributed by atoms with van der Waals surface area (Å²) in [5.41, 5.74) is -2.81. The van der Waals surface area contributed by atoms with Gasteiger partial charge in [0.2, 0.25) is 5.91 Å². The van der Waals surface area contributed by atoms with Crippen molar-refractivity contribution < 1.29 is 31.5 Å². The number of ether oxygens (including phenoxy) is 1. The maximum Gasteiger partial charge on any atom is 0.417 e. The highest BCUT2D eigenvalue weighted by Gasteiger charge is 2.37. The zero-order chi connectivity index (χ0) is 19.7. The van der Waals surface area contributed by atoms with Crippen LogP contribution in [0.2, 0.25) is 0 Å². The van der Waals surface area contributed by atoms with E-state index in [0.717, 1.165) is 0 Å². The Labute approximate surface area is 152 Å². The first-order valence-electron chi connectivity index (χ1n) is 8.70. The number of rotatable bonds is 4. The van der Waals surface area contributed by atoms with E-state index in [4.69, 9.17) is 4.74 Å². The summed E-state index contributed by atoms with van der Waals surface area (Å²) in [7, 11) is 0. The van der Waals surface area contributed by atoms with E-state index in [0.29, 0.717) is 31.9 Å². The molecule has 5 nitrogen and oxygen atoms in total. The van der Waals surface area contributed by atoms with E-state index >= 15 is 0 Å². The SMILES string of the molecule is O=C(NCC1(F)CCN(c2ncc(C(F)(F)F)cc2F)CC1)C1CCOC1. The Morgan fingerprint density at radius 3 is 2.63 bits per heavy atom. The van der Waals surface area contributed by atoms with Crippen molar-refractivity contribution >= 4 is 11.7 Å². The van der Waals surface area contributed by atoms with Gasteiger partial charge in [-0.2, -0.15) is 13.2 Å². The lowest BCUT2D eigenvalue weighted by Crippen LogP contribution is -2.49. The highest BCUT2D eigenvalue weighted by molar-refractivity contribution is 5.79. The zero-order valence-electron chi connectivity index (χ0n) is 14.5. The molecule has 0 spiro atoms. The molecule has 0 aliphatic carbocycles. The van der Waals surface area contributed by atoms with Gasteiger partial charge in [0.05, 0.1) is 24.6 Å². The van der Waals surface area contributed by atoms with Gasteiger partial charge in [0.15, 0.2) is 11.6 Å². The Hall–Kier alpha value is -1.97. The minimum atomic E-state index is -4.68. The zero-order valence-corrected chi connectivity index (χ0v) is 14.5. The molecule has 1 aromatic rings. The van der Waals surface area contributed by atoms with Gasteiger partial charge in [-0.1, -0.05) is 0 Å². The predicted octanol–water partition coefficient (Wildman–Crippen LogP) is 2.70. The summed E-state index contributed by atoms with van der Waals surface area (Å²) >= 11 is 0. The van der Waals surface area contributed by atoms with Crippen molar-refractivity contribution in [3.05, 3.63) is 23.6 Å². The summed E-state index contributed by atoms with van der Waals surface area (Å²) in [6, 6.07) is 0.392. The summed E-state index contributed by atoms with van der Waals surface area (Å²) in [5, 5.41) is 2.60. The number of amides is 1. The fourth-order valence-corrected chi connectivity index (χ4v) is 3.25. The maximum absolute atomic E-state index is 14.9. The van der Waals surface area contributed by atoms with E-state index in [1.54, 1.807) is 0 Å². The molecular weight excluding hydrogens is 373 g/mol. The quantitative estimate of drug-likeness (QED) is 0.800. The van der Waals surface area contributed by atoms with Crippen LogP contribution in [0.5, 0.6) is 0 Å². The number of hydrogen-bond acceptors (Lipinski definition) is 4. The van der Waals surface area contributed by atoms with Crippen molar-refractivity contribution in [3.8, 4) is 0 Å². The molecule has 1 unspecified atom stereocenters. The Morgan fingerprint density at radius 2 is 2.07 bits per heavy atom. The molecule has 2 saturated heterocycles. The minimum Gasteiger partial charge on any atom is -0.381 e. The number of alkyl halides is 4. The number of hydrogen-bond donors (Lipinski definition) is 1. The third-order valence-electron chi connectivity index (χ3n) is 4.99. The number of pyridine rings is 1. The third-order valence-corrected chi connectivity index (χ3v) is 4.99. The van der Waals surface area contributed by atoms with Crippen molar-refractivity contribution in [3.63, 3.8) is 0 Å². The van der Waals surface area contributed by atoms with Crippen LogP contribution in [-0.4, -0.2) is 49.4 Å². The lowest BCUT2D eigenvalue weighted by atomic mass is 9.93. The highest BCUT2D eigenvalue weighted by atomic mass is 19.4. The molecule has 2 aliphatic rings. The molecule has 0 bridgehead atoms. The Balaban J connectivity index is 1.55. The Morgan fingerprint density at radius 1 is 1.37 bits per heavy atom. The van der Waals surface area contributed by atoms with Gasteiger partial charge >= 0.3 is 6.18 Å². The van der Waals surface area contributed by atoms with Crippen LogP contribution >= 0.6 is 0 Å². The Bertz CT molecular complexity index is 684. The van der Waals surface area contributed by atoms with Crippen LogP contribution in [0.4, 0.5) is 27.8 Å². The van der Waals surface area contributed by atoms with E-state index in [1.165, 1.54) is 4.90 Å². The van der Waals surface area contributed by atoms with Gasteiger partial charge in [0, 0.05) is 38.7 Å². The molecule has 1 atom stereocenters. The molecule has 0 saturated carbocycles. The molecule has 27 heavy (non-hydrogen) atoms. The first-order chi connectivity index (χ1) is 12.7. The summed E-state index contributed by atoms with van der Waals surface area (Å²) in [5.74, 6) is -1.83. The fourth-order valence-electron chi connectivity index (χ4n) is 3.25. The average Bonchev–Trinajstić information content (AvgIpc) is 3.15. The third kappa shape index (κ3) is 4.66. The molecule has 0 aromatic carbocycles. The van der Waals surface area contributed by atoms with Gasteiger partial charge in [0.25, 0.3) is 0 Å². The molecule has 0 radical (unpaired) electrons. The lowest BCUT2D eigenvalue weighted by Gasteiger charge is -2.37. The average molecular weight is 393 g/mol. The predicted molar refractivity (Wildman–Crippen MR) is 86.4 cm³/mol. The van der Waals surface area contributed by atoms with Crippen LogP contribution in [0.25, 0.3) is 0 Å². The topological polar surface area (TPSA) is 54.5 Å². The molecule has 1 amide bonds. The number of nitrogens with one attached hydrogen (secondary N) is 1. The fraction of sp³-hybridized carbons (Fsp3) is 0.647. The molecule has 3 rings (SSSR count). The summed E-state index contributed by atoms with van der Waals surface area (Å²) in [4.78, 5) is 16.9. The van der Waals surface area contributed by atoms with Crippen LogP contribution in [0.3, 0.4) is 0 Å². The molecule has 150 valence electrons. The minimum absolute atomic E-state index is 0.0105. The maximum atomic E-state index is 14.9.